The third-order valence-corrected chi connectivity index (χ3v) is 5.83. The Bertz CT molecular complexity index is 726. The van der Waals surface area contributed by atoms with Gasteiger partial charge in [0.05, 0.1) is 12.1 Å². The van der Waals surface area contributed by atoms with Gasteiger partial charge in [0.2, 0.25) is 0 Å². The van der Waals surface area contributed by atoms with E-state index in [-0.39, 0.29) is 0 Å². The number of aromatic nitrogens is 1. The van der Waals surface area contributed by atoms with Gasteiger partial charge in [-0.3, -0.25) is 4.99 Å². The number of hydrogen-bond donors (Lipinski definition) is 1. The molecule has 1 aliphatic heterocycles. The normalized spacial score (nSPS) is 17.6. The number of thiazole rings is 1. The maximum atomic E-state index is 5.25. The fourth-order valence-electron chi connectivity index (χ4n) is 3.39. The summed E-state index contributed by atoms with van der Waals surface area (Å²) in [4.78, 5) is 11.4. The summed E-state index contributed by atoms with van der Waals surface area (Å²) in [5.74, 6) is 2.48. The minimum atomic E-state index is 0.553. The van der Waals surface area contributed by atoms with Crippen LogP contribution in [0, 0.1) is 6.92 Å². The van der Waals surface area contributed by atoms with E-state index in [0.29, 0.717) is 5.92 Å². The molecule has 1 aliphatic rings. The Kier molecular flexibility index (Phi) is 6.50. The molecular formula is C20H28N4OS. The Balaban J connectivity index is 1.46. The fraction of sp³-hybridized carbons (Fsp3) is 0.500. The number of guanidine groups is 1. The number of benzene rings is 1. The SMILES string of the molecule is CN=C(NCCCc1nc(C)cs1)N1CCC(c2ccc(OC)cc2)C1. The summed E-state index contributed by atoms with van der Waals surface area (Å²) in [5.41, 5.74) is 2.50. The topological polar surface area (TPSA) is 49.8 Å². The molecule has 140 valence electrons. The van der Waals surface area contributed by atoms with Crippen molar-refractivity contribution in [1.82, 2.24) is 15.2 Å². The summed E-state index contributed by atoms with van der Waals surface area (Å²) in [6, 6.07) is 8.45. The summed E-state index contributed by atoms with van der Waals surface area (Å²) in [5, 5.41) is 6.85. The van der Waals surface area contributed by atoms with Crippen LogP contribution in [0.5, 0.6) is 5.75 Å². The first-order valence-corrected chi connectivity index (χ1v) is 10.1. The van der Waals surface area contributed by atoms with Gasteiger partial charge in [-0.15, -0.1) is 11.3 Å². The Labute approximate surface area is 160 Å². The minimum absolute atomic E-state index is 0.553. The van der Waals surface area contributed by atoms with Gasteiger partial charge in [0.1, 0.15) is 5.75 Å². The van der Waals surface area contributed by atoms with Crippen LogP contribution in [0.25, 0.3) is 0 Å². The Morgan fingerprint density at radius 1 is 1.38 bits per heavy atom. The average Bonchev–Trinajstić information content (AvgIpc) is 3.31. The molecule has 0 radical (unpaired) electrons. The van der Waals surface area contributed by atoms with E-state index in [0.717, 1.165) is 56.3 Å². The second-order valence-electron chi connectivity index (χ2n) is 6.66. The Morgan fingerprint density at radius 3 is 2.85 bits per heavy atom. The van der Waals surface area contributed by atoms with Gasteiger partial charge in [0.15, 0.2) is 5.96 Å². The highest BCUT2D eigenvalue weighted by molar-refractivity contribution is 7.09. The molecule has 0 spiro atoms. The zero-order chi connectivity index (χ0) is 18.4. The van der Waals surface area contributed by atoms with Crippen molar-refractivity contribution in [1.29, 1.82) is 0 Å². The number of hydrogen-bond acceptors (Lipinski definition) is 4. The molecule has 6 heteroatoms. The summed E-state index contributed by atoms with van der Waals surface area (Å²) in [6.45, 7) is 5.03. The molecule has 2 aromatic rings. The quantitative estimate of drug-likeness (QED) is 0.479. The number of methoxy groups -OCH3 is 1. The highest BCUT2D eigenvalue weighted by Gasteiger charge is 2.25. The maximum Gasteiger partial charge on any atom is 0.193 e. The van der Waals surface area contributed by atoms with Crippen LogP contribution in [-0.4, -0.2) is 49.6 Å². The number of nitrogens with one attached hydrogen (secondary N) is 1. The van der Waals surface area contributed by atoms with E-state index in [2.05, 4.69) is 37.7 Å². The summed E-state index contributed by atoms with van der Waals surface area (Å²) < 4.78 is 5.25. The van der Waals surface area contributed by atoms with Crippen LogP contribution in [-0.2, 0) is 6.42 Å². The smallest absolute Gasteiger partial charge is 0.193 e. The number of likely N-dealkylation sites (tertiary alicyclic amines) is 1. The van der Waals surface area contributed by atoms with Crippen molar-refractivity contribution >= 4 is 17.3 Å². The molecular weight excluding hydrogens is 344 g/mol. The van der Waals surface area contributed by atoms with Crippen LogP contribution in [0.15, 0.2) is 34.6 Å². The highest BCUT2D eigenvalue weighted by Crippen LogP contribution is 2.28. The molecule has 0 saturated carbocycles. The van der Waals surface area contributed by atoms with Gasteiger partial charge in [0, 0.05) is 50.1 Å². The Morgan fingerprint density at radius 2 is 2.19 bits per heavy atom. The molecule has 1 saturated heterocycles. The van der Waals surface area contributed by atoms with Gasteiger partial charge < -0.3 is 15.0 Å². The van der Waals surface area contributed by atoms with Crippen LogP contribution in [0.2, 0.25) is 0 Å². The fourth-order valence-corrected chi connectivity index (χ4v) is 4.21. The first-order valence-electron chi connectivity index (χ1n) is 9.20. The van der Waals surface area contributed by atoms with Crippen molar-refractivity contribution in [2.75, 3.05) is 33.8 Å². The molecule has 0 aliphatic carbocycles. The summed E-state index contributed by atoms with van der Waals surface area (Å²) >= 11 is 1.75. The molecule has 1 fully saturated rings. The van der Waals surface area contributed by atoms with Gasteiger partial charge in [0.25, 0.3) is 0 Å². The van der Waals surface area contributed by atoms with E-state index < -0.39 is 0 Å². The van der Waals surface area contributed by atoms with Crippen LogP contribution in [0.1, 0.15) is 35.0 Å². The third kappa shape index (κ3) is 4.75. The number of ether oxygens (including phenoxy) is 1. The van der Waals surface area contributed by atoms with Crippen molar-refractivity contribution in [3.05, 3.63) is 45.9 Å². The lowest BCUT2D eigenvalue weighted by Crippen LogP contribution is -2.40. The molecule has 1 unspecified atom stereocenters. The van der Waals surface area contributed by atoms with E-state index in [1.165, 1.54) is 10.6 Å². The lowest BCUT2D eigenvalue weighted by atomic mass is 9.98. The van der Waals surface area contributed by atoms with Gasteiger partial charge in [-0.2, -0.15) is 0 Å². The zero-order valence-electron chi connectivity index (χ0n) is 15.9. The molecule has 0 amide bonds. The molecule has 1 atom stereocenters. The molecule has 2 heterocycles. The van der Waals surface area contributed by atoms with Crippen molar-refractivity contribution in [2.24, 2.45) is 4.99 Å². The highest BCUT2D eigenvalue weighted by atomic mass is 32.1. The van der Waals surface area contributed by atoms with E-state index in [9.17, 15) is 0 Å². The Hall–Kier alpha value is -2.08. The maximum absolute atomic E-state index is 5.25. The third-order valence-electron chi connectivity index (χ3n) is 4.80. The zero-order valence-corrected chi connectivity index (χ0v) is 16.7. The van der Waals surface area contributed by atoms with Gasteiger partial charge in [-0.1, -0.05) is 12.1 Å². The standard InChI is InChI=1S/C20H28N4OS/c1-15-14-26-19(23-15)5-4-11-22-20(21-2)24-12-10-17(13-24)16-6-8-18(25-3)9-7-16/h6-9,14,17H,4-5,10-13H2,1-3H3,(H,21,22). The molecule has 0 bridgehead atoms. The van der Waals surface area contributed by atoms with Crippen molar-refractivity contribution < 1.29 is 4.74 Å². The molecule has 1 N–H and O–H groups in total. The lowest BCUT2D eigenvalue weighted by Gasteiger charge is -2.21. The van der Waals surface area contributed by atoms with Crippen LogP contribution in [0.4, 0.5) is 0 Å². The van der Waals surface area contributed by atoms with Crippen LogP contribution >= 0.6 is 11.3 Å². The monoisotopic (exact) mass is 372 g/mol. The van der Waals surface area contributed by atoms with Gasteiger partial charge >= 0.3 is 0 Å². The predicted molar refractivity (Wildman–Crippen MR) is 108 cm³/mol. The molecule has 26 heavy (non-hydrogen) atoms. The molecule has 3 rings (SSSR count). The number of rotatable bonds is 6. The summed E-state index contributed by atoms with van der Waals surface area (Å²) in [6.07, 6.45) is 3.25. The summed E-state index contributed by atoms with van der Waals surface area (Å²) in [7, 11) is 3.57. The lowest BCUT2D eigenvalue weighted by molar-refractivity contribution is 0.414. The van der Waals surface area contributed by atoms with Crippen molar-refractivity contribution in [2.45, 2.75) is 32.1 Å². The minimum Gasteiger partial charge on any atom is -0.497 e. The molecule has 1 aromatic heterocycles. The largest absolute Gasteiger partial charge is 0.497 e. The van der Waals surface area contributed by atoms with E-state index >= 15 is 0 Å². The first-order chi connectivity index (χ1) is 12.7. The van der Waals surface area contributed by atoms with Gasteiger partial charge in [-0.25, -0.2) is 4.98 Å². The number of aryl methyl sites for hydroxylation is 2. The van der Waals surface area contributed by atoms with E-state index in [1.54, 1.807) is 18.4 Å². The van der Waals surface area contributed by atoms with Gasteiger partial charge in [-0.05, 0) is 37.5 Å². The molecule has 1 aromatic carbocycles. The van der Waals surface area contributed by atoms with Crippen LogP contribution < -0.4 is 10.1 Å². The second-order valence-corrected chi connectivity index (χ2v) is 7.61. The second kappa shape index (κ2) is 9.03. The van der Waals surface area contributed by atoms with Crippen LogP contribution in [0.3, 0.4) is 0 Å². The molecule has 5 nitrogen and oxygen atoms in total. The average molecular weight is 373 g/mol. The van der Waals surface area contributed by atoms with Crippen molar-refractivity contribution in [3.63, 3.8) is 0 Å². The van der Waals surface area contributed by atoms with E-state index in [4.69, 9.17) is 4.74 Å². The predicted octanol–water partition coefficient (Wildman–Crippen LogP) is 3.46. The first kappa shape index (κ1) is 18.7. The van der Waals surface area contributed by atoms with Crippen molar-refractivity contribution in [3.8, 4) is 5.75 Å². The van der Waals surface area contributed by atoms with E-state index in [1.807, 2.05) is 26.1 Å². The number of aliphatic imine (C=N–C) groups is 1. The number of nitrogens with zero attached hydrogens (tertiary/aromatic N) is 3.